The van der Waals surface area contributed by atoms with Gasteiger partial charge < -0.3 is 20.7 Å². The van der Waals surface area contributed by atoms with Crippen LogP contribution in [0.4, 0.5) is 11.4 Å². The van der Waals surface area contributed by atoms with E-state index in [1.54, 1.807) is 13.2 Å². The second kappa shape index (κ2) is 8.36. The Hall–Kier alpha value is -1.30. The molecule has 1 unspecified atom stereocenters. The number of benzene rings is 1. The number of hydrogen-bond donors (Lipinski definition) is 2. The number of amides is 1. The molecule has 3 N–H and O–H groups in total. The minimum Gasteiger partial charge on any atom is -0.380 e. The zero-order chi connectivity index (χ0) is 15.9. The van der Waals surface area contributed by atoms with Crippen LogP contribution in [-0.2, 0) is 9.53 Å². The molecule has 1 heterocycles. The van der Waals surface area contributed by atoms with Gasteiger partial charge in [-0.15, -0.1) is 0 Å². The highest BCUT2D eigenvalue weighted by Gasteiger charge is 2.17. The van der Waals surface area contributed by atoms with Gasteiger partial charge in [0, 0.05) is 31.8 Å². The Morgan fingerprint density at radius 3 is 2.77 bits per heavy atom. The molecule has 1 aliphatic heterocycles. The predicted molar refractivity (Wildman–Crippen MR) is 90.6 cm³/mol. The molecule has 0 bridgehead atoms. The standard InChI is InChI=1S/C16H24ClN3O2/c1-22-13(11-18)10-16(21)19-14-9-12(17)5-6-15(14)20-7-3-2-4-8-20/h5-6,9,13H,2-4,7-8,10-11,18H2,1H3,(H,19,21). The number of carbonyl (C=O) groups is 1. The number of hydrogen-bond acceptors (Lipinski definition) is 4. The van der Waals surface area contributed by atoms with Crippen LogP contribution in [0.25, 0.3) is 0 Å². The number of methoxy groups -OCH3 is 1. The van der Waals surface area contributed by atoms with E-state index in [0.29, 0.717) is 11.6 Å². The van der Waals surface area contributed by atoms with Crippen molar-refractivity contribution in [1.82, 2.24) is 0 Å². The van der Waals surface area contributed by atoms with Crippen molar-refractivity contribution in [2.75, 3.05) is 37.0 Å². The Bertz CT molecular complexity index is 500. The summed E-state index contributed by atoms with van der Waals surface area (Å²) in [5.41, 5.74) is 7.34. The Balaban J connectivity index is 2.11. The normalized spacial score (nSPS) is 16.4. The molecule has 1 fully saturated rings. The third-order valence-corrected chi connectivity index (χ3v) is 4.17. The zero-order valence-corrected chi connectivity index (χ0v) is 13.7. The number of piperidine rings is 1. The fraction of sp³-hybridized carbons (Fsp3) is 0.562. The van der Waals surface area contributed by atoms with Gasteiger partial charge >= 0.3 is 0 Å². The van der Waals surface area contributed by atoms with Gasteiger partial charge in [0.25, 0.3) is 0 Å². The molecule has 0 aliphatic carbocycles. The average molecular weight is 326 g/mol. The number of ether oxygens (including phenoxy) is 1. The summed E-state index contributed by atoms with van der Waals surface area (Å²) in [6.45, 7) is 2.33. The first-order chi connectivity index (χ1) is 10.6. The van der Waals surface area contributed by atoms with E-state index in [2.05, 4.69) is 10.2 Å². The highest BCUT2D eigenvalue weighted by atomic mass is 35.5. The third kappa shape index (κ3) is 4.60. The van der Waals surface area contributed by atoms with E-state index < -0.39 is 0 Å². The van der Waals surface area contributed by atoms with Gasteiger partial charge in [-0.05, 0) is 37.5 Å². The smallest absolute Gasteiger partial charge is 0.227 e. The summed E-state index contributed by atoms with van der Waals surface area (Å²) in [4.78, 5) is 14.5. The van der Waals surface area contributed by atoms with Crippen LogP contribution in [-0.4, -0.2) is 38.8 Å². The van der Waals surface area contributed by atoms with E-state index in [4.69, 9.17) is 22.1 Å². The minimum absolute atomic E-state index is 0.113. The van der Waals surface area contributed by atoms with E-state index >= 15 is 0 Å². The molecule has 1 aromatic carbocycles. The topological polar surface area (TPSA) is 67.6 Å². The van der Waals surface area contributed by atoms with Gasteiger partial charge in [-0.1, -0.05) is 11.6 Å². The lowest BCUT2D eigenvalue weighted by atomic mass is 10.1. The molecule has 0 radical (unpaired) electrons. The van der Waals surface area contributed by atoms with Gasteiger partial charge in [-0.25, -0.2) is 0 Å². The van der Waals surface area contributed by atoms with Crippen LogP contribution in [0.5, 0.6) is 0 Å². The summed E-state index contributed by atoms with van der Waals surface area (Å²) in [5, 5.41) is 3.56. The van der Waals surface area contributed by atoms with Crippen molar-refractivity contribution in [3.63, 3.8) is 0 Å². The molecule has 6 heteroatoms. The molecular formula is C16H24ClN3O2. The molecule has 5 nitrogen and oxygen atoms in total. The van der Waals surface area contributed by atoms with Crippen LogP contribution in [0.2, 0.25) is 5.02 Å². The highest BCUT2D eigenvalue weighted by molar-refractivity contribution is 6.31. The van der Waals surface area contributed by atoms with Gasteiger partial charge in [0.15, 0.2) is 0 Å². The number of nitrogens with one attached hydrogen (secondary N) is 1. The highest BCUT2D eigenvalue weighted by Crippen LogP contribution is 2.31. The van der Waals surface area contributed by atoms with Crippen molar-refractivity contribution >= 4 is 28.9 Å². The zero-order valence-electron chi connectivity index (χ0n) is 13.0. The maximum absolute atomic E-state index is 12.2. The van der Waals surface area contributed by atoms with E-state index in [-0.39, 0.29) is 18.4 Å². The number of rotatable bonds is 6. The largest absolute Gasteiger partial charge is 0.380 e. The molecule has 0 aromatic heterocycles. The molecule has 1 atom stereocenters. The fourth-order valence-electron chi connectivity index (χ4n) is 2.69. The summed E-state index contributed by atoms with van der Waals surface area (Å²) in [5.74, 6) is -0.113. The number of nitrogens with two attached hydrogens (primary N) is 1. The Morgan fingerprint density at radius 2 is 2.14 bits per heavy atom. The first-order valence-electron chi connectivity index (χ1n) is 7.71. The van der Waals surface area contributed by atoms with Crippen molar-refractivity contribution in [3.8, 4) is 0 Å². The lowest BCUT2D eigenvalue weighted by molar-refractivity contribution is -0.118. The van der Waals surface area contributed by atoms with Crippen molar-refractivity contribution < 1.29 is 9.53 Å². The van der Waals surface area contributed by atoms with Crippen LogP contribution in [0.1, 0.15) is 25.7 Å². The van der Waals surface area contributed by atoms with E-state index in [1.165, 1.54) is 19.3 Å². The number of carbonyl (C=O) groups excluding carboxylic acids is 1. The molecule has 1 amide bonds. The van der Waals surface area contributed by atoms with Crippen LogP contribution >= 0.6 is 11.6 Å². The van der Waals surface area contributed by atoms with Gasteiger partial charge in [-0.3, -0.25) is 4.79 Å². The van der Waals surface area contributed by atoms with Gasteiger partial charge in [0.05, 0.1) is 23.9 Å². The first kappa shape index (κ1) is 17.1. The Morgan fingerprint density at radius 1 is 1.41 bits per heavy atom. The molecule has 1 aliphatic rings. The minimum atomic E-state index is -0.266. The summed E-state index contributed by atoms with van der Waals surface area (Å²) >= 11 is 6.08. The maximum atomic E-state index is 12.2. The molecule has 0 spiro atoms. The van der Waals surface area contributed by atoms with Gasteiger partial charge in [0.1, 0.15) is 0 Å². The van der Waals surface area contributed by atoms with Crippen molar-refractivity contribution in [1.29, 1.82) is 0 Å². The molecule has 22 heavy (non-hydrogen) atoms. The van der Waals surface area contributed by atoms with Crippen molar-refractivity contribution in [3.05, 3.63) is 23.2 Å². The number of anilines is 2. The monoisotopic (exact) mass is 325 g/mol. The van der Waals surface area contributed by atoms with Gasteiger partial charge in [-0.2, -0.15) is 0 Å². The second-order valence-corrected chi connectivity index (χ2v) is 5.99. The van der Waals surface area contributed by atoms with E-state index in [9.17, 15) is 4.79 Å². The molecule has 2 rings (SSSR count). The average Bonchev–Trinajstić information content (AvgIpc) is 2.53. The summed E-state index contributed by atoms with van der Waals surface area (Å²) in [7, 11) is 1.56. The number of halogens is 1. The summed E-state index contributed by atoms with van der Waals surface area (Å²) in [6.07, 6.45) is 3.58. The fourth-order valence-corrected chi connectivity index (χ4v) is 2.86. The third-order valence-electron chi connectivity index (χ3n) is 3.94. The quantitative estimate of drug-likeness (QED) is 0.843. The van der Waals surface area contributed by atoms with Crippen LogP contribution in [0.15, 0.2) is 18.2 Å². The summed E-state index contributed by atoms with van der Waals surface area (Å²) in [6, 6.07) is 5.63. The number of nitrogens with zero attached hydrogens (tertiary/aromatic N) is 1. The SMILES string of the molecule is COC(CN)CC(=O)Nc1cc(Cl)ccc1N1CCCCC1. The lowest BCUT2D eigenvalue weighted by Crippen LogP contribution is -2.31. The van der Waals surface area contributed by atoms with E-state index in [1.807, 2.05) is 12.1 Å². The molecule has 1 aromatic rings. The molecule has 1 saturated heterocycles. The first-order valence-corrected chi connectivity index (χ1v) is 8.09. The molecular weight excluding hydrogens is 302 g/mol. The van der Waals surface area contributed by atoms with Gasteiger partial charge in [0.2, 0.25) is 5.91 Å². The Kier molecular flexibility index (Phi) is 6.49. The lowest BCUT2D eigenvalue weighted by Gasteiger charge is -2.30. The van der Waals surface area contributed by atoms with Crippen LogP contribution < -0.4 is 16.0 Å². The molecule has 0 saturated carbocycles. The Labute approximate surface area is 136 Å². The van der Waals surface area contributed by atoms with Crippen molar-refractivity contribution in [2.45, 2.75) is 31.8 Å². The summed E-state index contributed by atoms with van der Waals surface area (Å²) < 4.78 is 5.16. The van der Waals surface area contributed by atoms with Crippen molar-refractivity contribution in [2.24, 2.45) is 5.73 Å². The maximum Gasteiger partial charge on any atom is 0.227 e. The van der Waals surface area contributed by atoms with E-state index in [0.717, 1.165) is 24.5 Å². The second-order valence-electron chi connectivity index (χ2n) is 5.55. The predicted octanol–water partition coefficient (Wildman–Crippen LogP) is 2.63. The molecule has 122 valence electrons. The van der Waals surface area contributed by atoms with Crippen LogP contribution in [0.3, 0.4) is 0 Å². The van der Waals surface area contributed by atoms with Crippen LogP contribution in [0, 0.1) is 0 Å².